The molecular weight excluding hydrogens is 307 g/mol. The molecule has 6 heteroatoms. The third-order valence-electron chi connectivity index (χ3n) is 3.41. The summed E-state index contributed by atoms with van der Waals surface area (Å²) in [6.07, 6.45) is 1.99. The molecule has 0 amide bonds. The Labute approximate surface area is 122 Å². The van der Waals surface area contributed by atoms with Gasteiger partial charge in [-0.3, -0.25) is 4.79 Å². The van der Waals surface area contributed by atoms with Crippen LogP contribution in [-0.4, -0.2) is 49.4 Å². The molecule has 1 aliphatic heterocycles. The summed E-state index contributed by atoms with van der Waals surface area (Å²) in [4.78, 5) is 11.7. The van der Waals surface area contributed by atoms with Crippen LogP contribution in [0.5, 0.6) is 0 Å². The monoisotopic (exact) mass is 322 g/mol. The Morgan fingerprint density at radius 3 is 2.68 bits per heavy atom. The van der Waals surface area contributed by atoms with Gasteiger partial charge in [-0.25, -0.2) is 5.01 Å². The molecule has 1 aromatic rings. The van der Waals surface area contributed by atoms with E-state index in [1.807, 2.05) is 61.5 Å². The van der Waals surface area contributed by atoms with Crippen LogP contribution in [0.2, 0.25) is 5.82 Å². The van der Waals surface area contributed by atoms with E-state index in [0.717, 1.165) is 10.0 Å². The number of hydrazine groups is 1. The van der Waals surface area contributed by atoms with Crippen LogP contribution in [-0.2, 0) is 9.53 Å². The molecule has 0 saturated carbocycles. The summed E-state index contributed by atoms with van der Waals surface area (Å²) >= 11 is 3.41. The van der Waals surface area contributed by atoms with Crippen LogP contribution >= 0.6 is 15.9 Å². The summed E-state index contributed by atoms with van der Waals surface area (Å²) < 4.78 is 7.81. The van der Waals surface area contributed by atoms with Crippen molar-refractivity contribution in [3.63, 3.8) is 0 Å². The van der Waals surface area contributed by atoms with Crippen LogP contribution in [0.25, 0.3) is 0 Å². The minimum Gasteiger partial charge on any atom is -0.471 e. The number of hydrogen-bond acceptors (Lipinski definition) is 3. The quantitative estimate of drug-likeness (QED) is 0.614. The van der Waals surface area contributed by atoms with Crippen molar-refractivity contribution in [2.45, 2.75) is 18.8 Å². The number of carbonyl (C=O) groups is 1. The largest absolute Gasteiger partial charge is 0.471 e. The van der Waals surface area contributed by atoms with Gasteiger partial charge in [-0.05, 0) is 37.0 Å². The van der Waals surface area contributed by atoms with E-state index in [2.05, 4.69) is 15.9 Å². The third kappa shape index (κ3) is 3.00. The average Bonchev–Trinajstić information content (AvgIpc) is 2.69. The molecule has 0 N–H and O–H groups in total. The van der Waals surface area contributed by atoms with Crippen molar-refractivity contribution in [1.29, 1.82) is 0 Å². The number of halogens is 1. The highest BCUT2D eigenvalue weighted by molar-refractivity contribution is 9.10. The van der Waals surface area contributed by atoms with Crippen LogP contribution < -0.4 is 0 Å². The lowest BCUT2D eigenvalue weighted by molar-refractivity contribution is -0.560. The number of rotatable bonds is 2. The molecule has 19 heavy (non-hydrogen) atoms. The van der Waals surface area contributed by atoms with E-state index < -0.39 is 0 Å². The lowest BCUT2D eigenvalue weighted by Gasteiger charge is -2.22. The fourth-order valence-corrected chi connectivity index (χ4v) is 2.33. The van der Waals surface area contributed by atoms with Crippen LogP contribution in [0.4, 0.5) is 0 Å². The number of benzene rings is 1. The molecule has 1 saturated heterocycles. The Morgan fingerprint density at radius 2 is 2.11 bits per heavy atom. The molecule has 1 fully saturated rings. The second-order valence-electron chi connectivity index (χ2n) is 4.57. The van der Waals surface area contributed by atoms with Gasteiger partial charge in [0.25, 0.3) is 5.97 Å². The maximum Gasteiger partial charge on any atom is 0.276 e. The zero-order valence-corrected chi connectivity index (χ0v) is 12.8. The summed E-state index contributed by atoms with van der Waals surface area (Å²) in [5.41, 5.74) is 1.07. The van der Waals surface area contributed by atoms with Gasteiger partial charge in [0.15, 0.2) is 0 Å². The van der Waals surface area contributed by atoms with E-state index in [1.165, 1.54) is 7.11 Å². The number of hydrogen-bond donors (Lipinski definition) is 0. The minimum atomic E-state index is -0.235. The standard InChI is InChI=1S/C13H16BBrN2O2/c1-9-12(13(18)19-3)14-17(16(9)2)8-10-4-6-11(15)7-5-10/h4-9,12H,1-3H3/b17-8+/t9-,12+/m1/s1. The molecule has 0 bridgehead atoms. The zero-order chi connectivity index (χ0) is 14.0. The van der Waals surface area contributed by atoms with Crippen molar-refractivity contribution in [2.75, 3.05) is 14.2 Å². The normalized spacial score (nSPS) is 24.8. The summed E-state index contributed by atoms with van der Waals surface area (Å²) in [7, 11) is 5.27. The first-order chi connectivity index (χ1) is 9.02. The topological polar surface area (TPSA) is 32.6 Å². The highest BCUT2D eigenvalue weighted by Gasteiger charge is 2.34. The van der Waals surface area contributed by atoms with Crippen molar-refractivity contribution in [3.05, 3.63) is 34.3 Å². The Balaban J connectivity index is 2.21. The highest BCUT2D eigenvalue weighted by atomic mass is 79.9. The van der Waals surface area contributed by atoms with Crippen molar-refractivity contribution in [1.82, 2.24) is 5.01 Å². The molecule has 0 spiro atoms. The number of nitrogens with zero attached hydrogens (tertiary/aromatic N) is 2. The minimum absolute atomic E-state index is 0.0825. The molecule has 0 unspecified atom stereocenters. The fraction of sp³-hybridized carbons (Fsp3) is 0.385. The summed E-state index contributed by atoms with van der Waals surface area (Å²) in [6.45, 7) is 2.01. The number of esters is 1. The summed E-state index contributed by atoms with van der Waals surface area (Å²) in [5.74, 6) is -0.437. The van der Waals surface area contributed by atoms with E-state index in [9.17, 15) is 4.79 Å². The van der Waals surface area contributed by atoms with Crippen LogP contribution in [0.3, 0.4) is 0 Å². The zero-order valence-electron chi connectivity index (χ0n) is 11.2. The van der Waals surface area contributed by atoms with Gasteiger partial charge in [0.2, 0.25) is 0 Å². The molecule has 100 valence electrons. The Kier molecular flexibility index (Phi) is 4.29. The number of hydrazone groups is 1. The van der Waals surface area contributed by atoms with Gasteiger partial charge in [-0.1, -0.05) is 15.9 Å². The lowest BCUT2D eigenvalue weighted by Crippen LogP contribution is -2.31. The van der Waals surface area contributed by atoms with E-state index in [-0.39, 0.29) is 17.8 Å². The van der Waals surface area contributed by atoms with Gasteiger partial charge in [-0.2, -0.15) is 0 Å². The van der Waals surface area contributed by atoms with Gasteiger partial charge >= 0.3 is 0 Å². The Hall–Kier alpha value is -1.30. The number of carbonyl (C=O) groups excluding carboxylic acids is 1. The maximum atomic E-state index is 11.7. The van der Waals surface area contributed by atoms with E-state index in [1.54, 1.807) is 0 Å². The van der Waals surface area contributed by atoms with Crippen LogP contribution in [0.1, 0.15) is 12.5 Å². The molecular formula is C13H16BBrN2O2. The first-order valence-corrected chi connectivity index (χ1v) is 6.86. The van der Waals surface area contributed by atoms with Gasteiger partial charge in [-0.15, -0.1) is 0 Å². The molecule has 0 aromatic heterocycles. The molecule has 2 rings (SSSR count). The molecule has 0 aliphatic carbocycles. The van der Waals surface area contributed by atoms with Crippen LogP contribution in [0, 0.1) is 0 Å². The maximum absolute atomic E-state index is 11.7. The highest BCUT2D eigenvalue weighted by Crippen LogP contribution is 2.24. The Morgan fingerprint density at radius 1 is 1.47 bits per heavy atom. The first kappa shape index (κ1) is 14.1. The summed E-state index contributed by atoms with van der Waals surface area (Å²) in [5, 5.41) is 2.02. The number of methoxy groups -OCH3 is 1. The third-order valence-corrected chi connectivity index (χ3v) is 3.94. The smallest absolute Gasteiger partial charge is 0.276 e. The van der Waals surface area contributed by atoms with Gasteiger partial charge in [0, 0.05) is 10.0 Å². The molecule has 1 aromatic carbocycles. The fourth-order valence-electron chi connectivity index (χ4n) is 2.07. The summed E-state index contributed by atoms with van der Waals surface area (Å²) in [6, 6.07) is 8.09. The SMILES string of the molecule is COC(=O)[C@H]1[B-]/[N+](=C\c2ccc(Br)cc2)N(C)[C@@H]1C. The van der Waals surface area contributed by atoms with E-state index >= 15 is 0 Å². The lowest BCUT2D eigenvalue weighted by atomic mass is 9.74. The average molecular weight is 323 g/mol. The molecule has 1 aliphatic rings. The molecule has 1 heterocycles. The van der Waals surface area contributed by atoms with E-state index in [0.29, 0.717) is 0 Å². The van der Waals surface area contributed by atoms with E-state index in [4.69, 9.17) is 4.74 Å². The van der Waals surface area contributed by atoms with Gasteiger partial charge in [0.05, 0.1) is 20.2 Å². The Bertz CT molecular complexity index is 504. The van der Waals surface area contributed by atoms with Crippen molar-refractivity contribution in [2.24, 2.45) is 0 Å². The molecule has 4 nitrogen and oxygen atoms in total. The first-order valence-electron chi connectivity index (χ1n) is 6.07. The second kappa shape index (κ2) is 5.78. The van der Waals surface area contributed by atoms with Crippen LogP contribution in [0.15, 0.2) is 28.7 Å². The van der Waals surface area contributed by atoms with Crippen molar-refractivity contribution < 1.29 is 14.1 Å². The predicted molar refractivity (Wildman–Crippen MR) is 78.3 cm³/mol. The number of ether oxygens (including phenoxy) is 1. The van der Waals surface area contributed by atoms with Crippen molar-refractivity contribution >= 4 is 35.5 Å². The van der Waals surface area contributed by atoms with Gasteiger partial charge < -0.3 is 9.33 Å². The predicted octanol–water partition coefficient (Wildman–Crippen LogP) is 1.71. The second-order valence-corrected chi connectivity index (χ2v) is 5.49. The molecule has 2 radical (unpaired) electrons. The van der Waals surface area contributed by atoms with Gasteiger partial charge in [0.1, 0.15) is 13.6 Å². The molecule has 2 atom stereocenters. The van der Waals surface area contributed by atoms with Crippen molar-refractivity contribution in [3.8, 4) is 0 Å².